The van der Waals surface area contributed by atoms with Crippen LogP contribution in [0.15, 0.2) is 109 Å². The molecule has 0 radical (unpaired) electrons. The zero-order chi connectivity index (χ0) is 77.4. The van der Waals surface area contributed by atoms with E-state index in [1.54, 1.807) is 0 Å². The topological polar surface area (TPSA) is 237 Å². The SMILES string of the molecule is CC/C=C\C/C=C\C/C=C\CCCCCCCCCC(=O)OCC(COP(=O)(O)OCC(O)COP(=O)(O)OCC(COC(=O)CCCCCCCC/C=C\C/C=C\C/C=C\CCCCC)OC(=O)CCCCCCCCCCCCCCC)OC(=O)CCCCCCCCC/C=C\C/C=C\C/C=C\CC. The molecule has 0 heterocycles. The zero-order valence-electron chi connectivity index (χ0n) is 67.1. The molecule has 3 N–H and O–H groups in total. The van der Waals surface area contributed by atoms with Gasteiger partial charge in [-0.3, -0.25) is 37.3 Å². The van der Waals surface area contributed by atoms with Crippen LogP contribution in [-0.2, 0) is 65.4 Å². The maximum atomic E-state index is 13.1. The molecule has 0 saturated heterocycles. The highest BCUT2D eigenvalue weighted by Gasteiger charge is 2.30. The summed E-state index contributed by atoms with van der Waals surface area (Å²) in [6.07, 6.45) is 86.2. The van der Waals surface area contributed by atoms with Crippen molar-refractivity contribution in [2.24, 2.45) is 0 Å². The Morgan fingerprint density at radius 3 is 0.774 bits per heavy atom. The summed E-state index contributed by atoms with van der Waals surface area (Å²) < 4.78 is 68.8. The van der Waals surface area contributed by atoms with Crippen LogP contribution in [0.3, 0.4) is 0 Å². The summed E-state index contributed by atoms with van der Waals surface area (Å²) in [6, 6.07) is 0. The van der Waals surface area contributed by atoms with Gasteiger partial charge in [-0.05, 0) is 128 Å². The number of aliphatic hydroxyl groups is 1. The van der Waals surface area contributed by atoms with Gasteiger partial charge >= 0.3 is 39.5 Å². The van der Waals surface area contributed by atoms with Gasteiger partial charge in [-0.15, -0.1) is 0 Å². The fourth-order valence-electron chi connectivity index (χ4n) is 11.4. The zero-order valence-corrected chi connectivity index (χ0v) is 68.9. The first kappa shape index (κ1) is 102. The quantitative estimate of drug-likeness (QED) is 0.0169. The number of allylic oxidation sites excluding steroid dienone is 18. The number of ether oxygens (including phenoxy) is 4. The predicted molar refractivity (Wildman–Crippen MR) is 436 cm³/mol. The molecule has 0 aliphatic heterocycles. The van der Waals surface area contributed by atoms with Gasteiger partial charge in [-0.1, -0.05) is 317 Å². The van der Waals surface area contributed by atoms with Crippen molar-refractivity contribution in [3.8, 4) is 0 Å². The molecule has 0 bridgehead atoms. The van der Waals surface area contributed by atoms with Gasteiger partial charge in [0.2, 0.25) is 0 Å². The fraction of sp³-hybridized carbons (Fsp3) is 0.747. The summed E-state index contributed by atoms with van der Waals surface area (Å²) in [6.45, 7) is 4.65. The molecule has 5 unspecified atom stereocenters. The van der Waals surface area contributed by atoms with Crippen molar-refractivity contribution >= 4 is 39.5 Å². The lowest BCUT2D eigenvalue weighted by atomic mass is 10.0. The first-order valence-electron chi connectivity index (χ1n) is 42.1. The first-order chi connectivity index (χ1) is 51.7. The van der Waals surface area contributed by atoms with E-state index in [-0.39, 0.29) is 25.7 Å². The van der Waals surface area contributed by atoms with Gasteiger partial charge in [0, 0.05) is 25.7 Å². The van der Waals surface area contributed by atoms with Crippen LogP contribution in [0.2, 0.25) is 0 Å². The van der Waals surface area contributed by atoms with Crippen molar-refractivity contribution in [1.29, 1.82) is 0 Å². The molecule has 0 amide bonds. The number of esters is 4. The van der Waals surface area contributed by atoms with Crippen LogP contribution < -0.4 is 0 Å². The van der Waals surface area contributed by atoms with E-state index in [9.17, 15) is 43.2 Å². The van der Waals surface area contributed by atoms with E-state index in [0.717, 1.165) is 212 Å². The van der Waals surface area contributed by atoms with Crippen LogP contribution in [-0.4, -0.2) is 96.7 Å². The molecular formula is C87H152O17P2. The number of unbranched alkanes of at least 4 members (excludes halogenated alkanes) is 35. The van der Waals surface area contributed by atoms with Crippen LogP contribution in [0.4, 0.5) is 0 Å². The maximum Gasteiger partial charge on any atom is 0.472 e. The highest BCUT2D eigenvalue weighted by molar-refractivity contribution is 7.47. The second kappa shape index (κ2) is 78.8. The van der Waals surface area contributed by atoms with Gasteiger partial charge < -0.3 is 33.8 Å². The minimum atomic E-state index is -4.99. The number of hydrogen-bond acceptors (Lipinski definition) is 15. The van der Waals surface area contributed by atoms with Crippen LogP contribution in [0, 0.1) is 0 Å². The Balaban J connectivity index is 5.36. The summed E-state index contributed by atoms with van der Waals surface area (Å²) in [5, 5.41) is 10.7. The third-order valence-corrected chi connectivity index (χ3v) is 19.6. The second-order valence-electron chi connectivity index (χ2n) is 28.0. The van der Waals surface area contributed by atoms with E-state index in [1.165, 1.54) is 70.6 Å². The third-order valence-electron chi connectivity index (χ3n) is 17.7. The molecule has 5 atom stereocenters. The lowest BCUT2D eigenvalue weighted by Crippen LogP contribution is -2.30. The molecule has 0 saturated carbocycles. The van der Waals surface area contributed by atoms with Gasteiger partial charge in [0.1, 0.15) is 19.3 Å². The van der Waals surface area contributed by atoms with Crippen molar-refractivity contribution in [2.45, 2.75) is 380 Å². The minimum Gasteiger partial charge on any atom is -0.462 e. The first-order valence-corrected chi connectivity index (χ1v) is 45.1. The molecule has 612 valence electrons. The molecule has 0 rings (SSSR count). The third kappa shape index (κ3) is 77.9. The number of carbonyl (C=O) groups excluding carboxylic acids is 4. The summed E-state index contributed by atoms with van der Waals surface area (Å²) >= 11 is 0. The second-order valence-corrected chi connectivity index (χ2v) is 30.9. The van der Waals surface area contributed by atoms with E-state index < -0.39 is 97.5 Å². The van der Waals surface area contributed by atoms with Crippen molar-refractivity contribution in [2.75, 3.05) is 39.6 Å². The van der Waals surface area contributed by atoms with Gasteiger partial charge in [-0.2, -0.15) is 0 Å². The molecule has 0 aliphatic rings. The van der Waals surface area contributed by atoms with E-state index in [0.29, 0.717) is 25.7 Å². The van der Waals surface area contributed by atoms with E-state index in [1.807, 2.05) is 0 Å². The van der Waals surface area contributed by atoms with E-state index in [4.69, 9.17) is 37.0 Å². The Hall–Kier alpha value is -4.28. The Morgan fingerprint density at radius 1 is 0.274 bits per heavy atom. The standard InChI is InChI=1S/C87H152O17P2/c1-5-9-13-17-21-25-29-33-36-39-40-43-45-49-52-56-60-64-68-72-85(90)97-77-82(103-86(91)73-69-65-61-57-53-47-32-28-24-20-16-12-8-4)79-101-105(93,94)99-75-81(88)76-100-106(95,96)102-80-83(104-87(92)74-70-66-62-58-54-50-46-42-38-35-31-27-23-19-15-11-7-3)78-98-84(89)71-67-63-59-55-51-48-44-41-37-34-30-26-22-18-14-10-6-2/h10-11,14-15,21-23,25-27,33-38,40,43,81-83,88H,5-9,12-13,16-20,24,28-32,39,41-42,44-80H2,1-4H3,(H,93,94)(H,95,96)/b14-10-,15-11-,25-21-,26-22-,27-23-,36-33-,37-34-,38-35-,43-40-. The predicted octanol–water partition coefficient (Wildman–Crippen LogP) is 24.9. The van der Waals surface area contributed by atoms with E-state index in [2.05, 4.69) is 137 Å². The van der Waals surface area contributed by atoms with Crippen LogP contribution in [0.5, 0.6) is 0 Å². The number of phosphoric ester groups is 2. The van der Waals surface area contributed by atoms with Crippen molar-refractivity contribution in [3.05, 3.63) is 109 Å². The summed E-state index contributed by atoms with van der Waals surface area (Å²) in [7, 11) is -9.97. The van der Waals surface area contributed by atoms with Crippen LogP contribution in [0.1, 0.15) is 362 Å². The lowest BCUT2D eigenvalue weighted by molar-refractivity contribution is -0.161. The van der Waals surface area contributed by atoms with Gasteiger partial charge in [0.25, 0.3) is 0 Å². The Bertz CT molecular complexity index is 2430. The van der Waals surface area contributed by atoms with Crippen LogP contribution in [0.25, 0.3) is 0 Å². The Morgan fingerprint density at radius 2 is 0.491 bits per heavy atom. The molecule has 0 aromatic carbocycles. The average Bonchev–Trinajstić information content (AvgIpc) is 0.902. The minimum absolute atomic E-state index is 0.0809. The number of carbonyl (C=O) groups is 4. The van der Waals surface area contributed by atoms with Crippen molar-refractivity contribution < 1.29 is 80.2 Å². The fourth-order valence-corrected chi connectivity index (χ4v) is 13.0. The molecule has 0 aromatic rings. The Labute approximate surface area is 645 Å². The van der Waals surface area contributed by atoms with Crippen molar-refractivity contribution in [1.82, 2.24) is 0 Å². The highest BCUT2D eigenvalue weighted by Crippen LogP contribution is 2.45. The number of phosphoric acid groups is 2. The maximum absolute atomic E-state index is 13.1. The van der Waals surface area contributed by atoms with Gasteiger partial charge in [-0.25, -0.2) is 9.13 Å². The molecule has 17 nitrogen and oxygen atoms in total. The number of rotatable bonds is 79. The summed E-state index contributed by atoms with van der Waals surface area (Å²) in [5.74, 6) is -2.19. The highest BCUT2D eigenvalue weighted by atomic mass is 31.2. The molecule has 0 aliphatic carbocycles. The summed E-state index contributed by atoms with van der Waals surface area (Å²) in [5.41, 5.74) is 0. The largest absolute Gasteiger partial charge is 0.472 e. The number of aliphatic hydroxyl groups excluding tert-OH is 1. The molecule has 0 spiro atoms. The molecule has 106 heavy (non-hydrogen) atoms. The lowest BCUT2D eigenvalue weighted by Gasteiger charge is -2.21. The average molecular weight is 1530 g/mol. The smallest absolute Gasteiger partial charge is 0.462 e. The molecule has 19 heteroatoms. The monoisotopic (exact) mass is 1530 g/mol. The molecular weight excluding hydrogens is 1380 g/mol. The van der Waals surface area contributed by atoms with Crippen LogP contribution >= 0.6 is 15.6 Å². The molecule has 0 aromatic heterocycles. The normalized spacial score (nSPS) is 14.4. The summed E-state index contributed by atoms with van der Waals surface area (Å²) in [4.78, 5) is 73.2. The van der Waals surface area contributed by atoms with Gasteiger partial charge in [0.15, 0.2) is 12.2 Å². The molecule has 0 fully saturated rings. The number of hydrogen-bond donors (Lipinski definition) is 3. The van der Waals surface area contributed by atoms with Crippen molar-refractivity contribution in [3.63, 3.8) is 0 Å². The Kier molecular flexibility index (Phi) is 75.6. The van der Waals surface area contributed by atoms with E-state index >= 15 is 0 Å². The van der Waals surface area contributed by atoms with Gasteiger partial charge in [0.05, 0.1) is 26.4 Å².